The van der Waals surface area contributed by atoms with Gasteiger partial charge in [-0.2, -0.15) is 0 Å². The predicted octanol–water partition coefficient (Wildman–Crippen LogP) is 8.99. The van der Waals surface area contributed by atoms with Crippen LogP contribution >= 0.6 is 0 Å². The summed E-state index contributed by atoms with van der Waals surface area (Å²) in [6, 6.07) is 33.2. The number of carbonyl (C=O) groups is 1. The van der Waals surface area contributed by atoms with Gasteiger partial charge >= 0.3 is 0 Å². The maximum Gasteiger partial charge on any atom is 0.256 e. The molecule has 1 aliphatic rings. The van der Waals surface area contributed by atoms with Crippen LogP contribution in [-0.4, -0.2) is 34.3 Å². The maximum atomic E-state index is 13.5. The van der Waals surface area contributed by atoms with E-state index in [1.807, 2.05) is 30.3 Å². The van der Waals surface area contributed by atoms with E-state index in [1.165, 1.54) is 34.5 Å². The van der Waals surface area contributed by atoms with E-state index in [0.717, 1.165) is 18.5 Å². The number of rotatable bonds is 12. The van der Waals surface area contributed by atoms with Gasteiger partial charge in [0.25, 0.3) is 5.91 Å². The van der Waals surface area contributed by atoms with Crippen molar-refractivity contribution >= 4 is 38.1 Å². The van der Waals surface area contributed by atoms with Gasteiger partial charge in [-0.1, -0.05) is 158 Å². The van der Waals surface area contributed by atoms with Crippen molar-refractivity contribution in [2.45, 2.75) is 109 Å². The van der Waals surface area contributed by atoms with Crippen molar-refractivity contribution in [2.24, 2.45) is 0 Å². The molecule has 0 aromatic heterocycles. The molecule has 0 bridgehead atoms. The SMILES string of the molecule is CC(C)(C)[Si](C)(C)CCCCC/C=C(\[C@@H]1O[C@H]1C(=O)Nc1ccccc1)[Si](c1ccccc1)(c1ccccc1)C(C)(C)C. The molecule has 0 radical (unpaired) electrons. The first-order valence-corrected chi connectivity index (χ1v) is 21.3. The Morgan fingerprint density at radius 3 is 1.72 bits per heavy atom. The summed E-state index contributed by atoms with van der Waals surface area (Å²) in [6.45, 7) is 19.5. The number of unbranched alkanes of at least 4 members (excludes halogenated alkanes) is 3. The molecule has 0 unspecified atom stereocenters. The van der Waals surface area contributed by atoms with E-state index in [1.54, 1.807) is 0 Å². The number of hydrogen-bond donors (Lipinski definition) is 1. The highest BCUT2D eigenvalue weighted by atomic mass is 28.3. The Balaban J connectivity index is 1.69. The summed E-state index contributed by atoms with van der Waals surface area (Å²) in [5.41, 5.74) is 0.805. The molecule has 1 heterocycles. The van der Waals surface area contributed by atoms with Gasteiger partial charge in [-0.3, -0.25) is 4.79 Å². The molecule has 1 aliphatic heterocycles. The minimum Gasteiger partial charge on any atom is -0.355 e. The summed E-state index contributed by atoms with van der Waals surface area (Å²) < 4.78 is 6.38. The summed E-state index contributed by atoms with van der Waals surface area (Å²) in [5, 5.41) is 7.55. The summed E-state index contributed by atoms with van der Waals surface area (Å²) in [7, 11) is -3.88. The van der Waals surface area contributed by atoms with Gasteiger partial charge < -0.3 is 10.1 Å². The van der Waals surface area contributed by atoms with E-state index in [0.29, 0.717) is 5.04 Å². The molecule has 2 atom stereocenters. The first-order chi connectivity index (χ1) is 20.3. The normalized spacial score (nSPS) is 17.9. The molecule has 3 nitrogen and oxygen atoms in total. The van der Waals surface area contributed by atoms with Crippen molar-refractivity contribution in [3.05, 3.63) is 102 Å². The molecule has 1 amide bonds. The molecule has 1 fully saturated rings. The molecule has 3 aromatic rings. The van der Waals surface area contributed by atoms with Crippen LogP contribution in [0.2, 0.25) is 29.2 Å². The van der Waals surface area contributed by atoms with Crippen LogP contribution in [0, 0.1) is 0 Å². The smallest absolute Gasteiger partial charge is 0.256 e. The molecule has 5 heteroatoms. The van der Waals surface area contributed by atoms with Gasteiger partial charge in [-0.15, -0.1) is 0 Å². The average molecular weight is 612 g/mol. The highest BCUT2D eigenvalue weighted by molar-refractivity contribution is 7.09. The van der Waals surface area contributed by atoms with Crippen LogP contribution in [0.5, 0.6) is 0 Å². The van der Waals surface area contributed by atoms with Crippen molar-refractivity contribution in [2.75, 3.05) is 5.32 Å². The average Bonchev–Trinajstić information content (AvgIpc) is 3.75. The Labute approximate surface area is 263 Å². The minimum absolute atomic E-state index is 0.0592. The number of benzene rings is 3. The van der Waals surface area contributed by atoms with E-state index >= 15 is 0 Å². The zero-order valence-electron chi connectivity index (χ0n) is 27.7. The molecule has 3 aromatic carbocycles. The van der Waals surface area contributed by atoms with Gasteiger partial charge in [0.1, 0.15) is 6.10 Å². The minimum atomic E-state index is -2.62. The van der Waals surface area contributed by atoms with E-state index in [2.05, 4.69) is 127 Å². The van der Waals surface area contributed by atoms with Gasteiger partial charge in [0.2, 0.25) is 0 Å². The number of epoxide rings is 1. The standard InChI is InChI=1S/C38H53NO2Si2/c1-37(2,3)42(7,8)29-21-10-9-20-28-33(34-35(41-34)36(40)39-30-22-14-11-15-23-30)43(38(4,5)6,31-24-16-12-17-25-31)32-26-18-13-19-27-32/h11-19,22-28,34-35H,9-10,20-21,29H2,1-8H3,(H,39,40)/b33-28+/t34-,35+/m0/s1. The zero-order chi connectivity index (χ0) is 31.3. The Kier molecular flexibility index (Phi) is 10.4. The van der Waals surface area contributed by atoms with Gasteiger partial charge in [-0.25, -0.2) is 0 Å². The Bertz CT molecular complexity index is 1320. The third-order valence-electron chi connectivity index (χ3n) is 9.97. The van der Waals surface area contributed by atoms with Crippen LogP contribution in [-0.2, 0) is 9.53 Å². The van der Waals surface area contributed by atoms with E-state index < -0.39 is 22.3 Å². The Morgan fingerprint density at radius 1 is 0.721 bits per heavy atom. The molecule has 0 spiro atoms. The topological polar surface area (TPSA) is 41.6 Å². The first-order valence-electron chi connectivity index (χ1n) is 16.1. The summed E-state index contributed by atoms with van der Waals surface area (Å²) in [5.74, 6) is -0.0607. The molecule has 1 N–H and O–H groups in total. The number of allylic oxidation sites excluding steroid dienone is 1. The van der Waals surface area contributed by atoms with Crippen molar-refractivity contribution in [1.82, 2.24) is 0 Å². The number of hydrogen-bond acceptors (Lipinski definition) is 2. The molecule has 230 valence electrons. The zero-order valence-corrected chi connectivity index (χ0v) is 29.7. The van der Waals surface area contributed by atoms with Crippen LogP contribution in [0.1, 0.15) is 67.2 Å². The number of para-hydroxylation sites is 1. The molecular formula is C38H53NO2Si2. The van der Waals surface area contributed by atoms with Gasteiger partial charge in [0.15, 0.2) is 14.2 Å². The summed E-state index contributed by atoms with van der Waals surface area (Å²) in [6.07, 6.45) is 6.48. The number of ether oxygens (including phenoxy) is 1. The van der Waals surface area contributed by atoms with Crippen molar-refractivity contribution in [3.8, 4) is 0 Å². The fourth-order valence-electron chi connectivity index (χ4n) is 6.46. The molecule has 4 rings (SSSR count). The molecular weight excluding hydrogens is 559 g/mol. The first kappa shape index (κ1) is 33.2. The number of anilines is 1. The van der Waals surface area contributed by atoms with Crippen LogP contribution in [0.15, 0.2) is 102 Å². The summed E-state index contributed by atoms with van der Waals surface area (Å²) in [4.78, 5) is 13.5. The van der Waals surface area contributed by atoms with E-state index in [-0.39, 0.29) is 17.0 Å². The second kappa shape index (κ2) is 13.5. The van der Waals surface area contributed by atoms with E-state index in [4.69, 9.17) is 4.74 Å². The van der Waals surface area contributed by atoms with Gasteiger partial charge in [0, 0.05) is 5.69 Å². The molecule has 43 heavy (non-hydrogen) atoms. The largest absolute Gasteiger partial charge is 0.355 e. The van der Waals surface area contributed by atoms with Gasteiger partial charge in [0.05, 0.1) is 8.07 Å². The fourth-order valence-corrected chi connectivity index (χ4v) is 14.4. The molecule has 0 saturated carbocycles. The number of nitrogens with one attached hydrogen (secondary N) is 1. The highest BCUT2D eigenvalue weighted by Crippen LogP contribution is 2.47. The van der Waals surface area contributed by atoms with Crippen molar-refractivity contribution in [1.29, 1.82) is 0 Å². The van der Waals surface area contributed by atoms with Crippen LogP contribution < -0.4 is 15.7 Å². The Hall–Kier alpha value is -2.74. The lowest BCUT2D eigenvalue weighted by Crippen LogP contribution is -2.67. The van der Waals surface area contributed by atoms with Crippen molar-refractivity contribution < 1.29 is 9.53 Å². The third-order valence-corrected chi connectivity index (χ3v) is 21.6. The number of carbonyl (C=O) groups excluding carboxylic acids is 1. The van der Waals surface area contributed by atoms with Crippen LogP contribution in [0.4, 0.5) is 5.69 Å². The molecule has 1 saturated heterocycles. The lowest BCUT2D eigenvalue weighted by Gasteiger charge is -2.46. The van der Waals surface area contributed by atoms with Crippen LogP contribution in [0.3, 0.4) is 0 Å². The van der Waals surface area contributed by atoms with Gasteiger partial charge in [-0.05, 0) is 50.6 Å². The third kappa shape index (κ3) is 7.50. The van der Waals surface area contributed by atoms with Crippen LogP contribution in [0.25, 0.3) is 0 Å². The maximum absolute atomic E-state index is 13.5. The van der Waals surface area contributed by atoms with E-state index in [9.17, 15) is 4.79 Å². The summed E-state index contributed by atoms with van der Waals surface area (Å²) >= 11 is 0. The monoisotopic (exact) mass is 611 g/mol. The fraction of sp³-hybridized carbons (Fsp3) is 0.447. The molecule has 0 aliphatic carbocycles. The highest BCUT2D eigenvalue weighted by Gasteiger charge is 2.59. The predicted molar refractivity (Wildman–Crippen MR) is 190 cm³/mol. The number of amides is 1. The second-order valence-corrected chi connectivity index (χ2v) is 25.5. The lowest BCUT2D eigenvalue weighted by molar-refractivity contribution is -0.117. The second-order valence-electron chi connectivity index (χ2n) is 15.0. The quantitative estimate of drug-likeness (QED) is 0.126. The van der Waals surface area contributed by atoms with Crippen molar-refractivity contribution in [3.63, 3.8) is 0 Å². The lowest BCUT2D eigenvalue weighted by atomic mass is 10.1. The Morgan fingerprint density at radius 2 is 1.23 bits per heavy atom.